The van der Waals surface area contributed by atoms with Gasteiger partial charge in [-0.1, -0.05) is 17.4 Å². The lowest BCUT2D eigenvalue weighted by Gasteiger charge is -2.13. The zero-order chi connectivity index (χ0) is 19.8. The van der Waals surface area contributed by atoms with E-state index in [1.165, 1.54) is 19.1 Å². The standard InChI is InChI=1S/C16H12F3N5O2S/c1-8-6-12(25)13(14(26)20-15-22-21-9(2)27-15)23-24(8)11-5-3-4-10(7-11)16(17,18)19/h3-7H,1-2H3,(H,20,22,26). The van der Waals surface area contributed by atoms with Crippen LogP contribution in [0.25, 0.3) is 5.69 Å². The number of hydrogen-bond donors (Lipinski definition) is 1. The third-order valence-corrected chi connectivity index (χ3v) is 4.24. The maximum atomic E-state index is 12.9. The third kappa shape index (κ3) is 4.03. The quantitative estimate of drug-likeness (QED) is 0.736. The molecule has 0 atom stereocenters. The van der Waals surface area contributed by atoms with Crippen molar-refractivity contribution in [1.29, 1.82) is 0 Å². The first-order chi connectivity index (χ1) is 12.6. The predicted octanol–water partition coefficient (Wildman–Crippen LogP) is 2.97. The van der Waals surface area contributed by atoms with Gasteiger partial charge in [-0.15, -0.1) is 10.2 Å². The van der Waals surface area contributed by atoms with Crippen LogP contribution in [0.5, 0.6) is 0 Å². The molecule has 0 aliphatic heterocycles. The fourth-order valence-electron chi connectivity index (χ4n) is 2.28. The van der Waals surface area contributed by atoms with Crippen LogP contribution in [0, 0.1) is 13.8 Å². The lowest BCUT2D eigenvalue weighted by molar-refractivity contribution is -0.137. The van der Waals surface area contributed by atoms with Crippen molar-refractivity contribution in [3.05, 3.63) is 62.5 Å². The molecule has 0 aliphatic rings. The number of halogens is 3. The summed E-state index contributed by atoms with van der Waals surface area (Å²) in [4.78, 5) is 24.5. The Hall–Kier alpha value is -3.08. The summed E-state index contributed by atoms with van der Waals surface area (Å²) in [6, 6.07) is 5.57. The summed E-state index contributed by atoms with van der Waals surface area (Å²) >= 11 is 1.11. The highest BCUT2D eigenvalue weighted by Crippen LogP contribution is 2.30. The van der Waals surface area contributed by atoms with Crippen molar-refractivity contribution in [2.24, 2.45) is 0 Å². The molecule has 0 saturated carbocycles. The Balaban J connectivity index is 2.02. The number of anilines is 1. The maximum absolute atomic E-state index is 12.9. The number of aromatic nitrogens is 4. The Morgan fingerprint density at radius 2 is 1.93 bits per heavy atom. The number of nitrogens with zero attached hydrogens (tertiary/aromatic N) is 4. The molecule has 0 saturated heterocycles. The number of aryl methyl sites for hydroxylation is 2. The summed E-state index contributed by atoms with van der Waals surface area (Å²) in [5, 5.41) is 14.6. The molecule has 0 unspecified atom stereocenters. The van der Waals surface area contributed by atoms with E-state index >= 15 is 0 Å². The van der Waals surface area contributed by atoms with Gasteiger partial charge in [-0.2, -0.15) is 18.3 Å². The molecule has 2 heterocycles. The zero-order valence-corrected chi connectivity index (χ0v) is 14.9. The van der Waals surface area contributed by atoms with E-state index in [1.54, 1.807) is 6.92 Å². The number of nitrogens with one attached hydrogen (secondary N) is 1. The molecule has 0 radical (unpaired) electrons. The van der Waals surface area contributed by atoms with Gasteiger partial charge in [-0.25, -0.2) is 4.68 Å². The van der Waals surface area contributed by atoms with E-state index in [4.69, 9.17) is 0 Å². The minimum absolute atomic E-state index is 0.0723. The molecule has 0 bridgehead atoms. The molecule has 140 valence electrons. The summed E-state index contributed by atoms with van der Waals surface area (Å²) in [5.74, 6) is -0.822. The van der Waals surface area contributed by atoms with Gasteiger partial charge in [0, 0.05) is 11.8 Å². The van der Waals surface area contributed by atoms with Crippen LogP contribution in [0.4, 0.5) is 18.3 Å². The first-order valence-corrected chi connectivity index (χ1v) is 8.37. The lowest BCUT2D eigenvalue weighted by atomic mass is 10.2. The first-order valence-electron chi connectivity index (χ1n) is 7.55. The van der Waals surface area contributed by atoms with Crippen molar-refractivity contribution in [1.82, 2.24) is 20.0 Å². The molecule has 3 aromatic rings. The van der Waals surface area contributed by atoms with Crippen molar-refractivity contribution in [2.75, 3.05) is 5.32 Å². The Labute approximate surface area is 154 Å². The third-order valence-electron chi connectivity index (χ3n) is 3.49. The van der Waals surface area contributed by atoms with Gasteiger partial charge in [-0.05, 0) is 32.0 Å². The summed E-state index contributed by atoms with van der Waals surface area (Å²) in [7, 11) is 0. The highest BCUT2D eigenvalue weighted by molar-refractivity contribution is 7.15. The van der Waals surface area contributed by atoms with E-state index in [9.17, 15) is 22.8 Å². The van der Waals surface area contributed by atoms with Crippen LogP contribution in [0.3, 0.4) is 0 Å². The molecule has 0 spiro atoms. The molecule has 0 aliphatic carbocycles. The van der Waals surface area contributed by atoms with E-state index < -0.39 is 28.8 Å². The van der Waals surface area contributed by atoms with Crippen LogP contribution >= 0.6 is 11.3 Å². The highest BCUT2D eigenvalue weighted by atomic mass is 32.1. The Bertz CT molecular complexity index is 1070. The van der Waals surface area contributed by atoms with Crippen molar-refractivity contribution >= 4 is 22.4 Å². The lowest BCUT2D eigenvalue weighted by Crippen LogP contribution is -2.27. The van der Waals surface area contributed by atoms with Crippen LogP contribution < -0.4 is 10.7 Å². The largest absolute Gasteiger partial charge is 0.416 e. The number of benzene rings is 1. The Morgan fingerprint density at radius 3 is 2.56 bits per heavy atom. The number of hydrogen-bond acceptors (Lipinski definition) is 6. The average Bonchev–Trinajstić information content (AvgIpc) is 2.99. The second-order valence-electron chi connectivity index (χ2n) is 5.54. The van der Waals surface area contributed by atoms with Crippen molar-refractivity contribution in [3.8, 4) is 5.69 Å². The molecule has 11 heteroatoms. The monoisotopic (exact) mass is 395 g/mol. The van der Waals surface area contributed by atoms with E-state index in [1.807, 2.05) is 0 Å². The molecular weight excluding hydrogens is 383 g/mol. The second kappa shape index (κ2) is 6.91. The van der Waals surface area contributed by atoms with Crippen molar-refractivity contribution in [3.63, 3.8) is 0 Å². The number of carbonyl (C=O) groups excluding carboxylic acids is 1. The predicted molar refractivity (Wildman–Crippen MR) is 92.2 cm³/mol. The van der Waals surface area contributed by atoms with E-state index in [0.717, 1.165) is 34.2 Å². The fourth-order valence-corrected chi connectivity index (χ4v) is 2.87. The van der Waals surface area contributed by atoms with Gasteiger partial charge in [0.1, 0.15) is 5.01 Å². The first kappa shape index (κ1) is 18.7. The number of alkyl halides is 3. The molecule has 1 aromatic carbocycles. The number of amides is 1. The molecule has 1 amide bonds. The van der Waals surface area contributed by atoms with Gasteiger partial charge in [0.2, 0.25) is 10.6 Å². The minimum Gasteiger partial charge on any atom is -0.295 e. The summed E-state index contributed by atoms with van der Waals surface area (Å²) in [5.41, 5.74) is -1.64. The van der Waals surface area contributed by atoms with Gasteiger partial charge in [0.05, 0.1) is 11.3 Å². The molecule has 0 fully saturated rings. The van der Waals surface area contributed by atoms with Gasteiger partial charge < -0.3 is 0 Å². The fraction of sp³-hybridized carbons (Fsp3) is 0.188. The van der Waals surface area contributed by atoms with E-state index in [0.29, 0.717) is 5.01 Å². The van der Waals surface area contributed by atoms with E-state index in [2.05, 4.69) is 20.6 Å². The average molecular weight is 395 g/mol. The van der Waals surface area contributed by atoms with Crippen LogP contribution in [0.2, 0.25) is 0 Å². The summed E-state index contributed by atoms with van der Waals surface area (Å²) in [6.45, 7) is 3.20. The molecule has 27 heavy (non-hydrogen) atoms. The second-order valence-corrected chi connectivity index (χ2v) is 6.72. The van der Waals surface area contributed by atoms with Crippen LogP contribution in [-0.4, -0.2) is 25.9 Å². The summed E-state index contributed by atoms with van der Waals surface area (Å²) < 4.78 is 39.9. The normalized spacial score (nSPS) is 11.4. The molecule has 3 rings (SSSR count). The Morgan fingerprint density at radius 1 is 1.19 bits per heavy atom. The van der Waals surface area contributed by atoms with Crippen molar-refractivity contribution in [2.45, 2.75) is 20.0 Å². The number of carbonyl (C=O) groups is 1. The van der Waals surface area contributed by atoms with Gasteiger partial charge in [-0.3, -0.25) is 14.9 Å². The highest BCUT2D eigenvalue weighted by Gasteiger charge is 2.30. The van der Waals surface area contributed by atoms with E-state index in [-0.39, 0.29) is 16.5 Å². The molecule has 1 N–H and O–H groups in total. The van der Waals surface area contributed by atoms with Crippen LogP contribution in [0.1, 0.15) is 26.8 Å². The molecule has 7 nitrogen and oxygen atoms in total. The van der Waals surface area contributed by atoms with Crippen LogP contribution in [0.15, 0.2) is 35.1 Å². The van der Waals surface area contributed by atoms with Gasteiger partial charge in [0.25, 0.3) is 5.91 Å². The maximum Gasteiger partial charge on any atom is 0.416 e. The Kier molecular flexibility index (Phi) is 4.79. The molecule has 2 aromatic heterocycles. The van der Waals surface area contributed by atoms with Crippen LogP contribution in [-0.2, 0) is 6.18 Å². The zero-order valence-electron chi connectivity index (χ0n) is 14.0. The number of rotatable bonds is 3. The van der Waals surface area contributed by atoms with Gasteiger partial charge >= 0.3 is 6.18 Å². The topological polar surface area (TPSA) is 89.8 Å². The smallest absolute Gasteiger partial charge is 0.295 e. The summed E-state index contributed by atoms with van der Waals surface area (Å²) in [6.07, 6.45) is -4.53. The SMILES string of the molecule is Cc1nnc(NC(=O)c2nn(-c3cccc(C(F)(F)F)c3)c(C)cc2=O)s1. The molecular formula is C16H12F3N5O2S. The van der Waals surface area contributed by atoms with Gasteiger partial charge in [0.15, 0.2) is 5.69 Å². The minimum atomic E-state index is -4.53. The van der Waals surface area contributed by atoms with Crippen molar-refractivity contribution < 1.29 is 18.0 Å².